The molecule has 1 saturated carbocycles. The zero-order chi connectivity index (χ0) is 16.8. The summed E-state index contributed by atoms with van der Waals surface area (Å²) in [6.45, 7) is 5.54. The molecular formula is C20H22N4O. The molecule has 1 saturated heterocycles. The van der Waals surface area contributed by atoms with Gasteiger partial charge in [-0.2, -0.15) is 0 Å². The molecule has 0 radical (unpaired) electrons. The number of fused-ring (bicyclic) bond motifs is 3. The van der Waals surface area contributed by atoms with Crippen molar-refractivity contribution in [3.63, 3.8) is 0 Å². The predicted molar refractivity (Wildman–Crippen MR) is 101 cm³/mol. The lowest BCUT2D eigenvalue weighted by molar-refractivity contribution is 0.247. The highest BCUT2D eigenvalue weighted by molar-refractivity contribution is 6.03. The van der Waals surface area contributed by atoms with Gasteiger partial charge in [0.05, 0.1) is 11.0 Å². The van der Waals surface area contributed by atoms with E-state index in [1.807, 2.05) is 36.4 Å². The van der Waals surface area contributed by atoms with Crippen LogP contribution in [0.5, 0.6) is 0 Å². The second-order valence-corrected chi connectivity index (χ2v) is 7.30. The molecular weight excluding hydrogens is 312 g/mol. The van der Waals surface area contributed by atoms with Gasteiger partial charge in [0.15, 0.2) is 0 Å². The van der Waals surface area contributed by atoms with Crippen molar-refractivity contribution >= 4 is 27.6 Å². The monoisotopic (exact) mass is 334 g/mol. The third kappa shape index (κ3) is 2.78. The number of hydrogen-bond donors (Lipinski definition) is 1. The molecule has 2 fully saturated rings. The van der Waals surface area contributed by atoms with Crippen molar-refractivity contribution in [2.24, 2.45) is 5.92 Å². The first kappa shape index (κ1) is 14.9. The number of anilines is 1. The summed E-state index contributed by atoms with van der Waals surface area (Å²) in [5, 5.41) is 1.63. The Morgan fingerprint density at radius 2 is 1.76 bits per heavy atom. The number of H-pyrrole nitrogens is 1. The molecule has 0 spiro atoms. The van der Waals surface area contributed by atoms with Crippen molar-refractivity contribution in [1.82, 2.24) is 14.9 Å². The van der Waals surface area contributed by atoms with Gasteiger partial charge in [-0.05, 0) is 37.0 Å². The Morgan fingerprint density at radius 1 is 1.00 bits per heavy atom. The summed E-state index contributed by atoms with van der Waals surface area (Å²) in [7, 11) is 0. The van der Waals surface area contributed by atoms with Gasteiger partial charge < -0.3 is 9.88 Å². The quantitative estimate of drug-likeness (QED) is 0.748. The van der Waals surface area contributed by atoms with Crippen LogP contribution in [0.4, 0.5) is 5.82 Å². The first-order chi connectivity index (χ1) is 12.3. The zero-order valence-electron chi connectivity index (χ0n) is 14.2. The number of rotatable bonds is 3. The van der Waals surface area contributed by atoms with Gasteiger partial charge in [-0.1, -0.05) is 18.2 Å². The van der Waals surface area contributed by atoms with E-state index >= 15 is 0 Å². The fraction of sp³-hybridized carbons (Fsp3) is 0.400. The average Bonchev–Trinajstić information content (AvgIpc) is 3.47. The maximum Gasteiger partial charge on any atom is 0.256 e. The molecule has 5 rings (SSSR count). The SMILES string of the molecule is O=c1[nH]c2ccc(N3CCN(CC4CC4)CC3)nc2c2ccccc12. The Morgan fingerprint density at radius 3 is 2.52 bits per heavy atom. The molecule has 0 amide bonds. The van der Waals surface area contributed by atoms with Crippen LogP contribution in [0.1, 0.15) is 12.8 Å². The summed E-state index contributed by atoms with van der Waals surface area (Å²) in [6.07, 6.45) is 2.83. The number of pyridine rings is 2. The maximum absolute atomic E-state index is 12.2. The van der Waals surface area contributed by atoms with Gasteiger partial charge in [0, 0.05) is 43.5 Å². The molecule has 128 valence electrons. The van der Waals surface area contributed by atoms with Crippen LogP contribution in [0.25, 0.3) is 21.8 Å². The number of hydrogen-bond acceptors (Lipinski definition) is 4. The van der Waals surface area contributed by atoms with Crippen molar-refractivity contribution in [1.29, 1.82) is 0 Å². The molecule has 5 heteroatoms. The van der Waals surface area contributed by atoms with Gasteiger partial charge in [-0.15, -0.1) is 0 Å². The maximum atomic E-state index is 12.2. The number of nitrogens with one attached hydrogen (secondary N) is 1. The Kier molecular flexibility index (Phi) is 3.48. The minimum Gasteiger partial charge on any atom is -0.354 e. The van der Waals surface area contributed by atoms with Gasteiger partial charge in [-0.25, -0.2) is 4.98 Å². The number of benzene rings is 1. The van der Waals surface area contributed by atoms with Crippen LogP contribution in [-0.4, -0.2) is 47.6 Å². The molecule has 3 aromatic rings. The Hall–Kier alpha value is -2.40. The fourth-order valence-corrected chi connectivity index (χ4v) is 3.83. The minimum atomic E-state index is -0.0497. The largest absolute Gasteiger partial charge is 0.354 e. The molecule has 3 heterocycles. The highest BCUT2D eigenvalue weighted by Gasteiger charge is 2.26. The van der Waals surface area contributed by atoms with Crippen molar-refractivity contribution < 1.29 is 0 Å². The van der Waals surface area contributed by atoms with E-state index in [1.165, 1.54) is 19.4 Å². The molecule has 1 aromatic carbocycles. The third-order valence-electron chi connectivity index (χ3n) is 5.47. The second kappa shape index (κ2) is 5.85. The van der Waals surface area contributed by atoms with E-state index in [1.54, 1.807) is 0 Å². The highest BCUT2D eigenvalue weighted by Crippen LogP contribution is 2.30. The summed E-state index contributed by atoms with van der Waals surface area (Å²) < 4.78 is 0. The van der Waals surface area contributed by atoms with Gasteiger partial charge in [-0.3, -0.25) is 9.69 Å². The molecule has 1 aliphatic heterocycles. The molecule has 1 aliphatic carbocycles. The number of aromatic nitrogens is 2. The molecule has 1 N–H and O–H groups in total. The van der Waals surface area contributed by atoms with E-state index in [0.29, 0.717) is 5.39 Å². The van der Waals surface area contributed by atoms with E-state index in [2.05, 4.69) is 14.8 Å². The van der Waals surface area contributed by atoms with E-state index in [4.69, 9.17) is 4.98 Å². The summed E-state index contributed by atoms with van der Waals surface area (Å²) in [5.74, 6) is 1.96. The summed E-state index contributed by atoms with van der Waals surface area (Å²) in [4.78, 5) is 25.0. The van der Waals surface area contributed by atoms with Gasteiger partial charge >= 0.3 is 0 Å². The molecule has 2 aliphatic rings. The van der Waals surface area contributed by atoms with Crippen molar-refractivity contribution in [2.75, 3.05) is 37.6 Å². The lowest BCUT2D eigenvalue weighted by Crippen LogP contribution is -2.47. The smallest absolute Gasteiger partial charge is 0.256 e. The highest BCUT2D eigenvalue weighted by atomic mass is 16.1. The van der Waals surface area contributed by atoms with Gasteiger partial charge in [0.2, 0.25) is 0 Å². The Bertz CT molecular complexity index is 984. The van der Waals surface area contributed by atoms with Crippen LogP contribution in [0.3, 0.4) is 0 Å². The first-order valence-corrected chi connectivity index (χ1v) is 9.17. The lowest BCUT2D eigenvalue weighted by atomic mass is 10.1. The molecule has 2 aromatic heterocycles. The van der Waals surface area contributed by atoms with E-state index in [-0.39, 0.29) is 5.56 Å². The van der Waals surface area contributed by atoms with Crippen LogP contribution in [0, 0.1) is 5.92 Å². The van der Waals surface area contributed by atoms with E-state index in [9.17, 15) is 4.79 Å². The molecule has 25 heavy (non-hydrogen) atoms. The number of nitrogens with zero attached hydrogens (tertiary/aromatic N) is 3. The van der Waals surface area contributed by atoms with Crippen LogP contribution in [0.15, 0.2) is 41.2 Å². The molecule has 0 bridgehead atoms. The van der Waals surface area contributed by atoms with E-state index < -0.39 is 0 Å². The average molecular weight is 334 g/mol. The van der Waals surface area contributed by atoms with Crippen LogP contribution in [0.2, 0.25) is 0 Å². The van der Waals surface area contributed by atoms with E-state index in [0.717, 1.165) is 54.3 Å². The van der Waals surface area contributed by atoms with Crippen LogP contribution < -0.4 is 10.5 Å². The normalized spacial score (nSPS) is 19.0. The molecule has 0 unspecified atom stereocenters. The number of piperazine rings is 1. The van der Waals surface area contributed by atoms with Gasteiger partial charge in [0.1, 0.15) is 5.82 Å². The number of aromatic amines is 1. The summed E-state index contributed by atoms with van der Waals surface area (Å²) in [5.41, 5.74) is 1.64. The zero-order valence-corrected chi connectivity index (χ0v) is 14.2. The topological polar surface area (TPSA) is 52.2 Å². The molecule has 0 atom stereocenters. The predicted octanol–water partition coefficient (Wildman–Crippen LogP) is 2.61. The fourth-order valence-electron chi connectivity index (χ4n) is 3.83. The third-order valence-corrected chi connectivity index (χ3v) is 5.47. The van der Waals surface area contributed by atoms with Crippen LogP contribution in [-0.2, 0) is 0 Å². The van der Waals surface area contributed by atoms with Crippen molar-refractivity contribution in [2.45, 2.75) is 12.8 Å². The van der Waals surface area contributed by atoms with Crippen LogP contribution >= 0.6 is 0 Å². The van der Waals surface area contributed by atoms with Crippen molar-refractivity contribution in [3.8, 4) is 0 Å². The minimum absolute atomic E-state index is 0.0497. The molecule has 5 nitrogen and oxygen atoms in total. The summed E-state index contributed by atoms with van der Waals surface area (Å²) in [6, 6.07) is 11.7. The Labute approximate surface area is 146 Å². The second-order valence-electron chi connectivity index (χ2n) is 7.30. The Balaban J connectivity index is 1.47. The standard InChI is InChI=1S/C20H22N4O/c25-20-16-4-2-1-3-15(16)19-17(21-20)7-8-18(22-19)24-11-9-23(10-12-24)13-14-5-6-14/h1-4,7-8,14H,5-6,9-13H2,(H,21,25). The van der Waals surface area contributed by atoms with Gasteiger partial charge in [0.25, 0.3) is 5.56 Å². The first-order valence-electron chi connectivity index (χ1n) is 9.17. The lowest BCUT2D eigenvalue weighted by Gasteiger charge is -2.35. The summed E-state index contributed by atoms with van der Waals surface area (Å²) >= 11 is 0. The van der Waals surface area contributed by atoms with Crippen molar-refractivity contribution in [3.05, 3.63) is 46.8 Å².